The van der Waals surface area contributed by atoms with Crippen LogP contribution in [0, 0.1) is 58.2 Å². The first-order chi connectivity index (χ1) is 14.7. The first-order valence-corrected chi connectivity index (χ1v) is 14.0. The van der Waals surface area contributed by atoms with Crippen molar-refractivity contribution in [1.82, 2.24) is 0 Å². The van der Waals surface area contributed by atoms with Crippen molar-refractivity contribution in [3.8, 4) is 0 Å². The minimum atomic E-state index is -0.0935. The minimum absolute atomic E-state index is 0.0935. The van der Waals surface area contributed by atoms with E-state index in [4.69, 9.17) is 0 Å². The summed E-state index contributed by atoms with van der Waals surface area (Å²) in [6, 6.07) is 0. The van der Waals surface area contributed by atoms with E-state index in [1.807, 2.05) is 0 Å². The molecule has 0 radical (unpaired) electrons. The van der Waals surface area contributed by atoms with Gasteiger partial charge in [-0.1, -0.05) is 60.0 Å². The number of rotatable bonds is 7. The molecule has 0 aromatic carbocycles. The summed E-state index contributed by atoms with van der Waals surface area (Å²) in [7, 11) is 0. The number of hydrogen-bond donors (Lipinski definition) is 1. The third-order valence-electron chi connectivity index (χ3n) is 11.6. The monoisotopic (exact) mass is 428 g/mol. The van der Waals surface area contributed by atoms with Crippen molar-refractivity contribution in [2.24, 2.45) is 58.2 Å². The highest BCUT2D eigenvalue weighted by Crippen LogP contribution is 2.69. The van der Waals surface area contributed by atoms with Crippen LogP contribution >= 0.6 is 0 Å². The molecule has 0 aromatic heterocycles. The number of aliphatic hydroxyl groups excluding tert-OH is 1. The second-order valence-corrected chi connectivity index (χ2v) is 13.4. The van der Waals surface area contributed by atoms with Crippen LogP contribution in [0.15, 0.2) is 12.7 Å². The molecule has 4 saturated carbocycles. The van der Waals surface area contributed by atoms with E-state index in [1.54, 1.807) is 0 Å². The van der Waals surface area contributed by atoms with Crippen LogP contribution < -0.4 is 0 Å². The maximum absolute atomic E-state index is 10.8. The van der Waals surface area contributed by atoms with Crippen molar-refractivity contribution >= 4 is 0 Å². The highest BCUT2D eigenvalue weighted by Gasteiger charge is 2.61. The lowest BCUT2D eigenvalue weighted by atomic mass is 9.43. The van der Waals surface area contributed by atoms with Crippen LogP contribution in [0.4, 0.5) is 0 Å². The van der Waals surface area contributed by atoms with Gasteiger partial charge in [0.05, 0.1) is 6.10 Å². The third kappa shape index (κ3) is 4.08. The van der Waals surface area contributed by atoms with Gasteiger partial charge in [0.25, 0.3) is 0 Å². The molecule has 31 heavy (non-hydrogen) atoms. The molecule has 0 spiro atoms. The molecule has 1 nitrogen and oxygen atoms in total. The molecule has 0 heterocycles. The Kier molecular flexibility index (Phi) is 7.04. The van der Waals surface area contributed by atoms with Crippen molar-refractivity contribution < 1.29 is 5.11 Å². The SMILES string of the molecule is C=CC[C@H]1C2CCC3C4CCC([C@@H](C)CCCC(C)C)[C@@]4(C)CCC3[C@@]2(C)CC[C@H]1O. The fraction of sp³-hybridized carbons (Fsp3) is 0.933. The maximum Gasteiger partial charge on any atom is 0.0574 e. The summed E-state index contributed by atoms with van der Waals surface area (Å²) in [6.45, 7) is 16.7. The fourth-order valence-corrected chi connectivity index (χ4v) is 10.0. The maximum atomic E-state index is 10.8. The van der Waals surface area contributed by atoms with E-state index in [-0.39, 0.29) is 6.10 Å². The molecule has 178 valence electrons. The normalized spacial score (nSPS) is 48.0. The summed E-state index contributed by atoms with van der Waals surface area (Å²) < 4.78 is 0. The number of fused-ring (bicyclic) bond motifs is 5. The van der Waals surface area contributed by atoms with Crippen LogP contribution in [-0.2, 0) is 0 Å². The van der Waals surface area contributed by atoms with Gasteiger partial charge in [0.1, 0.15) is 0 Å². The predicted octanol–water partition coefficient (Wildman–Crippen LogP) is 8.27. The molecule has 4 fully saturated rings. The summed E-state index contributed by atoms with van der Waals surface area (Å²) >= 11 is 0. The highest BCUT2D eigenvalue weighted by molar-refractivity contribution is 5.11. The minimum Gasteiger partial charge on any atom is -0.393 e. The van der Waals surface area contributed by atoms with Crippen LogP contribution in [-0.4, -0.2) is 11.2 Å². The van der Waals surface area contributed by atoms with E-state index in [1.165, 1.54) is 64.2 Å². The van der Waals surface area contributed by atoms with Gasteiger partial charge in [-0.05, 0) is 116 Å². The molecule has 0 aliphatic heterocycles. The van der Waals surface area contributed by atoms with Crippen molar-refractivity contribution in [1.29, 1.82) is 0 Å². The van der Waals surface area contributed by atoms with Gasteiger partial charge in [-0.15, -0.1) is 6.58 Å². The quantitative estimate of drug-likeness (QED) is 0.404. The van der Waals surface area contributed by atoms with E-state index >= 15 is 0 Å². The lowest BCUT2D eigenvalue weighted by molar-refractivity contribution is -0.152. The van der Waals surface area contributed by atoms with E-state index in [2.05, 4.69) is 47.3 Å². The molecule has 1 N–H and O–H groups in total. The van der Waals surface area contributed by atoms with Crippen LogP contribution in [0.1, 0.15) is 112 Å². The zero-order valence-corrected chi connectivity index (χ0v) is 21.4. The molecule has 4 aliphatic carbocycles. The topological polar surface area (TPSA) is 20.2 Å². The van der Waals surface area contributed by atoms with Gasteiger partial charge < -0.3 is 5.11 Å². The van der Waals surface area contributed by atoms with Gasteiger partial charge >= 0.3 is 0 Å². The van der Waals surface area contributed by atoms with Gasteiger partial charge in [-0.2, -0.15) is 0 Å². The Morgan fingerprint density at radius 1 is 0.871 bits per heavy atom. The van der Waals surface area contributed by atoms with E-state index in [9.17, 15) is 5.11 Å². The van der Waals surface area contributed by atoms with Crippen molar-refractivity contribution in [3.63, 3.8) is 0 Å². The zero-order chi connectivity index (χ0) is 22.4. The summed E-state index contributed by atoms with van der Waals surface area (Å²) in [5.41, 5.74) is 1.05. The summed E-state index contributed by atoms with van der Waals surface area (Å²) in [6.07, 6.45) is 18.2. The molecule has 1 heteroatoms. The average molecular weight is 429 g/mol. The first kappa shape index (κ1) is 23.8. The van der Waals surface area contributed by atoms with Gasteiger partial charge in [0, 0.05) is 0 Å². The lowest BCUT2D eigenvalue weighted by Crippen LogP contribution is -2.56. The lowest BCUT2D eigenvalue weighted by Gasteiger charge is -2.62. The summed E-state index contributed by atoms with van der Waals surface area (Å²) in [4.78, 5) is 0. The summed E-state index contributed by atoms with van der Waals surface area (Å²) in [5, 5.41) is 10.8. The molecular weight excluding hydrogens is 376 g/mol. The number of aliphatic hydroxyl groups is 1. The summed E-state index contributed by atoms with van der Waals surface area (Å²) in [5.74, 6) is 6.70. The standard InChI is InChI=1S/C30H52O/c1-7-9-23-26-13-12-22-25-15-14-24(21(4)11-8-10-20(2)3)29(25,5)18-16-27(22)30(26,6)19-17-28(23)31/h7,20-28,31H,1,8-19H2,2-6H3/t21-,22?,23-,24?,25?,26?,27?,28+,29+,30-/m0/s1. The Morgan fingerprint density at radius 2 is 1.55 bits per heavy atom. The molecule has 0 amide bonds. The van der Waals surface area contributed by atoms with Gasteiger partial charge in [-0.3, -0.25) is 0 Å². The molecule has 4 aliphatic rings. The largest absolute Gasteiger partial charge is 0.393 e. The average Bonchev–Trinajstić information content (AvgIpc) is 3.07. The fourth-order valence-electron chi connectivity index (χ4n) is 10.0. The van der Waals surface area contributed by atoms with Crippen molar-refractivity contribution in [2.45, 2.75) is 118 Å². The van der Waals surface area contributed by atoms with Crippen LogP contribution in [0.5, 0.6) is 0 Å². The Labute approximate surface area is 193 Å². The Hall–Kier alpha value is -0.300. The molecule has 0 saturated heterocycles. The molecule has 10 atom stereocenters. The highest BCUT2D eigenvalue weighted by atomic mass is 16.3. The van der Waals surface area contributed by atoms with Crippen molar-refractivity contribution in [3.05, 3.63) is 12.7 Å². The van der Waals surface area contributed by atoms with Gasteiger partial charge in [0.2, 0.25) is 0 Å². The number of allylic oxidation sites excluding steroid dienone is 1. The molecular formula is C30H52O. The molecule has 4 rings (SSSR count). The van der Waals surface area contributed by atoms with Crippen LogP contribution in [0.25, 0.3) is 0 Å². The van der Waals surface area contributed by atoms with E-state index < -0.39 is 0 Å². The predicted molar refractivity (Wildman–Crippen MR) is 133 cm³/mol. The van der Waals surface area contributed by atoms with Crippen LogP contribution in [0.3, 0.4) is 0 Å². The molecule has 0 bridgehead atoms. The van der Waals surface area contributed by atoms with E-state index in [0.29, 0.717) is 22.7 Å². The first-order valence-electron chi connectivity index (χ1n) is 14.0. The van der Waals surface area contributed by atoms with Gasteiger partial charge in [-0.25, -0.2) is 0 Å². The number of hydrogen-bond acceptors (Lipinski definition) is 1. The molecule has 5 unspecified atom stereocenters. The second kappa shape index (κ2) is 9.15. The Bertz CT molecular complexity index is 624. The van der Waals surface area contributed by atoms with Crippen molar-refractivity contribution in [2.75, 3.05) is 0 Å². The Morgan fingerprint density at radius 3 is 2.26 bits per heavy atom. The zero-order valence-electron chi connectivity index (χ0n) is 21.4. The van der Waals surface area contributed by atoms with E-state index in [0.717, 1.165) is 48.3 Å². The Balaban J connectivity index is 1.49. The molecule has 0 aromatic rings. The third-order valence-corrected chi connectivity index (χ3v) is 11.6. The van der Waals surface area contributed by atoms with Gasteiger partial charge in [0.15, 0.2) is 0 Å². The smallest absolute Gasteiger partial charge is 0.0574 e. The second-order valence-electron chi connectivity index (χ2n) is 13.4. The van der Waals surface area contributed by atoms with Crippen LogP contribution in [0.2, 0.25) is 0 Å².